The van der Waals surface area contributed by atoms with E-state index in [1.54, 1.807) is 20.8 Å². The van der Waals surface area contributed by atoms with Crippen molar-refractivity contribution in [1.82, 2.24) is 0 Å². The first-order valence-electron chi connectivity index (χ1n) is 6.50. The summed E-state index contributed by atoms with van der Waals surface area (Å²) in [5.74, 6) is -0.245. The molecule has 0 aromatic rings. The highest BCUT2D eigenvalue weighted by atomic mass is 31.2. The number of phosphoric ester groups is 1. The molecule has 0 fully saturated rings. The molecule has 0 aromatic heterocycles. The Morgan fingerprint density at radius 2 is 2.05 bits per heavy atom. The van der Waals surface area contributed by atoms with Crippen molar-refractivity contribution >= 4 is 7.82 Å². The van der Waals surface area contributed by atoms with Crippen LogP contribution in [0.4, 0.5) is 0 Å². The van der Waals surface area contributed by atoms with Crippen LogP contribution in [0.25, 0.3) is 10.4 Å². The van der Waals surface area contributed by atoms with Gasteiger partial charge >= 0.3 is 7.82 Å². The summed E-state index contributed by atoms with van der Waals surface area (Å²) in [7, 11) is -4.11. The van der Waals surface area contributed by atoms with Crippen LogP contribution in [0, 0.1) is 5.92 Å². The summed E-state index contributed by atoms with van der Waals surface area (Å²) in [6, 6.07) is 0. The second kappa shape index (κ2) is 9.34. The fraction of sp³-hybridized carbons (Fsp3) is 1.00. The van der Waals surface area contributed by atoms with E-state index >= 15 is 0 Å². The van der Waals surface area contributed by atoms with Crippen molar-refractivity contribution in [3.8, 4) is 0 Å². The molecule has 0 aliphatic carbocycles. The number of rotatable bonds is 10. The van der Waals surface area contributed by atoms with Gasteiger partial charge in [0.15, 0.2) is 0 Å². The number of hydrogen-bond donors (Lipinski definition) is 2. The highest BCUT2D eigenvalue weighted by Crippen LogP contribution is 2.47. The summed E-state index contributed by atoms with van der Waals surface area (Å²) in [6.45, 7) is 5.16. The van der Waals surface area contributed by atoms with Crippen LogP contribution in [-0.2, 0) is 13.6 Å². The molecule has 118 valence electrons. The molecule has 0 aromatic carbocycles. The molecule has 0 radical (unpaired) electrons. The lowest BCUT2D eigenvalue weighted by atomic mass is 10.0. The maximum Gasteiger partial charge on any atom is 0.472 e. The van der Waals surface area contributed by atoms with Crippen molar-refractivity contribution < 1.29 is 23.6 Å². The first-order chi connectivity index (χ1) is 9.20. The van der Waals surface area contributed by atoms with Crippen molar-refractivity contribution in [2.45, 2.75) is 45.6 Å². The number of phosphoric acid groups is 1. The predicted molar refractivity (Wildman–Crippen MR) is 75.1 cm³/mol. The van der Waals surface area contributed by atoms with E-state index < -0.39 is 13.4 Å². The van der Waals surface area contributed by atoms with E-state index in [0.717, 1.165) is 6.42 Å². The average Bonchev–Trinajstić information content (AvgIpc) is 2.29. The Kier molecular flexibility index (Phi) is 9.05. The molecule has 8 nitrogen and oxygen atoms in total. The molecule has 0 aliphatic rings. The Morgan fingerprint density at radius 1 is 1.40 bits per heavy atom. The zero-order chi connectivity index (χ0) is 15.6. The highest BCUT2D eigenvalue weighted by Gasteiger charge is 2.29. The summed E-state index contributed by atoms with van der Waals surface area (Å²) in [5, 5.41) is 12.6. The van der Waals surface area contributed by atoms with Crippen LogP contribution in [0.5, 0.6) is 0 Å². The van der Waals surface area contributed by atoms with Gasteiger partial charge in [0.1, 0.15) is 0 Å². The molecule has 20 heavy (non-hydrogen) atoms. The van der Waals surface area contributed by atoms with Gasteiger partial charge in [-0.3, -0.25) is 9.05 Å². The van der Waals surface area contributed by atoms with Crippen LogP contribution < -0.4 is 0 Å². The SMILES string of the molecule is CC(C)(C)OP(=O)(O)OCC(CO)CCCCN=[N+]=[N-]. The molecular weight excluding hydrogens is 285 g/mol. The number of aliphatic hydroxyl groups excluding tert-OH is 1. The van der Waals surface area contributed by atoms with Crippen LogP contribution in [0.3, 0.4) is 0 Å². The summed E-state index contributed by atoms with van der Waals surface area (Å²) >= 11 is 0. The molecule has 9 heteroatoms. The van der Waals surface area contributed by atoms with Gasteiger partial charge in [-0.05, 0) is 39.1 Å². The quantitative estimate of drug-likeness (QED) is 0.211. The zero-order valence-corrected chi connectivity index (χ0v) is 13.1. The lowest BCUT2D eigenvalue weighted by Crippen LogP contribution is -2.20. The van der Waals surface area contributed by atoms with Crippen LogP contribution in [0.2, 0.25) is 0 Å². The topological polar surface area (TPSA) is 125 Å². The second-order valence-electron chi connectivity index (χ2n) is 5.47. The molecule has 0 amide bonds. The largest absolute Gasteiger partial charge is 0.472 e. The van der Waals surface area contributed by atoms with Crippen LogP contribution in [-0.4, -0.2) is 35.4 Å². The number of hydrogen-bond acceptors (Lipinski definition) is 5. The van der Waals surface area contributed by atoms with Crippen LogP contribution >= 0.6 is 7.82 Å². The summed E-state index contributed by atoms with van der Waals surface area (Å²) < 4.78 is 21.5. The number of azide groups is 1. The molecule has 0 saturated carbocycles. The minimum atomic E-state index is -4.11. The molecule has 0 heterocycles. The summed E-state index contributed by atoms with van der Waals surface area (Å²) in [4.78, 5) is 12.1. The third-order valence-electron chi connectivity index (χ3n) is 2.30. The summed E-state index contributed by atoms with van der Waals surface area (Å²) in [6.07, 6.45) is 2.06. The van der Waals surface area contributed by atoms with E-state index in [2.05, 4.69) is 10.0 Å². The van der Waals surface area contributed by atoms with Crippen molar-refractivity contribution in [3.63, 3.8) is 0 Å². The fourth-order valence-electron chi connectivity index (χ4n) is 1.46. The third kappa shape index (κ3) is 11.2. The molecule has 0 bridgehead atoms. The average molecular weight is 309 g/mol. The first kappa shape index (κ1) is 19.4. The maximum absolute atomic E-state index is 11.6. The Balaban J connectivity index is 4.05. The van der Waals surface area contributed by atoms with Gasteiger partial charge in [-0.15, -0.1) is 0 Å². The predicted octanol–water partition coefficient (Wildman–Crippen LogP) is 3.01. The van der Waals surface area contributed by atoms with E-state index in [1.165, 1.54) is 0 Å². The normalized spacial score (nSPS) is 16.2. The van der Waals surface area contributed by atoms with E-state index in [0.29, 0.717) is 19.4 Å². The Labute approximate surface area is 119 Å². The van der Waals surface area contributed by atoms with Gasteiger partial charge in [-0.1, -0.05) is 11.5 Å². The van der Waals surface area contributed by atoms with Gasteiger partial charge < -0.3 is 10.00 Å². The smallest absolute Gasteiger partial charge is 0.396 e. The van der Waals surface area contributed by atoms with Crippen molar-refractivity contribution in [2.75, 3.05) is 19.8 Å². The van der Waals surface area contributed by atoms with Gasteiger partial charge in [0.05, 0.1) is 12.2 Å². The van der Waals surface area contributed by atoms with E-state index in [4.69, 9.17) is 14.6 Å². The summed E-state index contributed by atoms with van der Waals surface area (Å²) in [5.41, 5.74) is 7.33. The number of nitrogens with zero attached hydrogens (tertiary/aromatic N) is 3. The first-order valence-corrected chi connectivity index (χ1v) is 7.99. The van der Waals surface area contributed by atoms with Crippen molar-refractivity contribution in [1.29, 1.82) is 0 Å². The molecule has 0 spiro atoms. The Hall–Kier alpha value is -0.620. The molecule has 2 unspecified atom stereocenters. The van der Waals surface area contributed by atoms with E-state index in [-0.39, 0.29) is 19.1 Å². The lowest BCUT2D eigenvalue weighted by molar-refractivity contribution is 0.0482. The zero-order valence-electron chi connectivity index (χ0n) is 12.2. The van der Waals surface area contributed by atoms with Crippen molar-refractivity contribution in [3.05, 3.63) is 10.4 Å². The van der Waals surface area contributed by atoms with Crippen LogP contribution in [0.15, 0.2) is 5.11 Å². The van der Waals surface area contributed by atoms with Gasteiger partial charge in [0.25, 0.3) is 0 Å². The second-order valence-corrected chi connectivity index (χ2v) is 6.84. The Bertz CT molecular complexity index is 366. The minimum absolute atomic E-state index is 0.0537. The minimum Gasteiger partial charge on any atom is -0.396 e. The van der Waals surface area contributed by atoms with Gasteiger partial charge in [0.2, 0.25) is 0 Å². The van der Waals surface area contributed by atoms with Crippen molar-refractivity contribution in [2.24, 2.45) is 11.0 Å². The van der Waals surface area contributed by atoms with Gasteiger partial charge in [-0.25, -0.2) is 4.57 Å². The van der Waals surface area contributed by atoms with Gasteiger partial charge in [-0.2, -0.15) is 0 Å². The fourth-order valence-corrected chi connectivity index (χ4v) is 2.60. The molecule has 0 aliphatic heterocycles. The van der Waals surface area contributed by atoms with Gasteiger partial charge in [0, 0.05) is 24.0 Å². The van der Waals surface area contributed by atoms with E-state index in [1.807, 2.05) is 0 Å². The lowest BCUT2D eigenvalue weighted by Gasteiger charge is -2.24. The molecule has 2 atom stereocenters. The maximum atomic E-state index is 11.6. The molecular formula is C11H24N3O5P. The molecule has 0 saturated heterocycles. The number of aliphatic hydroxyl groups is 1. The van der Waals surface area contributed by atoms with E-state index in [9.17, 15) is 14.6 Å². The Morgan fingerprint density at radius 3 is 2.55 bits per heavy atom. The van der Waals surface area contributed by atoms with Crippen LogP contribution in [0.1, 0.15) is 40.0 Å². The standard InChI is InChI=1S/C11H24N3O5P/c1-11(2,3)19-20(16,17)18-9-10(8-15)6-4-5-7-13-14-12/h10,15H,4-9H2,1-3H3,(H,16,17). The third-order valence-corrected chi connectivity index (χ3v) is 3.56. The molecule has 0 rings (SSSR count). The number of unbranched alkanes of at least 4 members (excludes halogenated alkanes) is 1. The molecule has 2 N–H and O–H groups in total. The monoisotopic (exact) mass is 309 g/mol. The highest BCUT2D eigenvalue weighted by molar-refractivity contribution is 7.47.